The van der Waals surface area contributed by atoms with Gasteiger partial charge >= 0.3 is 0 Å². The molecule has 2 N–H and O–H groups in total. The Bertz CT molecular complexity index is 270. The third-order valence-electron chi connectivity index (χ3n) is 2.24. The predicted octanol–water partition coefficient (Wildman–Crippen LogP) is 3.15. The SMILES string of the molecule is Cl.N[C@H](CC1CC1)c1ccc(Cl)o1. The summed E-state index contributed by atoms with van der Waals surface area (Å²) in [7, 11) is 0. The van der Waals surface area contributed by atoms with Crippen molar-refractivity contribution in [2.45, 2.75) is 25.3 Å². The first kappa shape index (κ1) is 10.9. The van der Waals surface area contributed by atoms with Crippen LogP contribution in [-0.2, 0) is 0 Å². The molecule has 1 heterocycles. The summed E-state index contributed by atoms with van der Waals surface area (Å²) >= 11 is 5.63. The third-order valence-corrected chi connectivity index (χ3v) is 2.45. The molecule has 1 aliphatic carbocycles. The van der Waals surface area contributed by atoms with Gasteiger partial charge in [-0.2, -0.15) is 0 Å². The second-order valence-corrected chi connectivity index (χ2v) is 3.80. The van der Waals surface area contributed by atoms with Crippen molar-refractivity contribution in [2.75, 3.05) is 0 Å². The fourth-order valence-corrected chi connectivity index (χ4v) is 1.51. The van der Waals surface area contributed by atoms with Crippen LogP contribution in [0.4, 0.5) is 0 Å². The van der Waals surface area contributed by atoms with Crippen LogP contribution < -0.4 is 5.73 Å². The van der Waals surface area contributed by atoms with Crippen molar-refractivity contribution in [1.82, 2.24) is 0 Å². The number of hydrogen-bond donors (Lipinski definition) is 1. The quantitative estimate of drug-likeness (QED) is 0.853. The largest absolute Gasteiger partial charge is 0.448 e. The molecule has 1 aromatic heterocycles. The summed E-state index contributed by atoms with van der Waals surface area (Å²) in [6, 6.07) is 3.63. The van der Waals surface area contributed by atoms with E-state index in [0.717, 1.165) is 18.1 Å². The van der Waals surface area contributed by atoms with Gasteiger partial charge in [-0.1, -0.05) is 12.8 Å². The highest BCUT2D eigenvalue weighted by molar-refractivity contribution is 6.28. The van der Waals surface area contributed by atoms with E-state index in [2.05, 4.69) is 0 Å². The van der Waals surface area contributed by atoms with E-state index in [0.29, 0.717) is 5.22 Å². The Morgan fingerprint density at radius 2 is 2.23 bits per heavy atom. The molecule has 1 saturated carbocycles. The van der Waals surface area contributed by atoms with Crippen LogP contribution in [-0.4, -0.2) is 0 Å². The van der Waals surface area contributed by atoms with E-state index in [1.165, 1.54) is 12.8 Å². The Kier molecular flexibility index (Phi) is 3.65. The van der Waals surface area contributed by atoms with E-state index in [1.807, 2.05) is 6.07 Å². The summed E-state index contributed by atoms with van der Waals surface area (Å²) in [6.07, 6.45) is 3.67. The molecule has 13 heavy (non-hydrogen) atoms. The Labute approximate surface area is 88.8 Å². The minimum atomic E-state index is 0. The van der Waals surface area contributed by atoms with Crippen LogP contribution in [0.1, 0.15) is 31.1 Å². The van der Waals surface area contributed by atoms with Crippen molar-refractivity contribution < 1.29 is 4.42 Å². The third kappa shape index (κ3) is 2.90. The number of halogens is 2. The summed E-state index contributed by atoms with van der Waals surface area (Å²) < 4.78 is 5.21. The van der Waals surface area contributed by atoms with Crippen LogP contribution in [0.5, 0.6) is 0 Å². The van der Waals surface area contributed by atoms with Crippen molar-refractivity contribution in [1.29, 1.82) is 0 Å². The Balaban J connectivity index is 0.000000845. The first-order chi connectivity index (χ1) is 5.75. The minimum Gasteiger partial charge on any atom is -0.448 e. The van der Waals surface area contributed by atoms with Gasteiger partial charge < -0.3 is 10.2 Å². The van der Waals surface area contributed by atoms with Gasteiger partial charge in [0, 0.05) is 0 Å². The molecular formula is C9H13Cl2NO. The molecule has 0 unspecified atom stereocenters. The molecule has 0 saturated heterocycles. The van der Waals surface area contributed by atoms with Gasteiger partial charge in [-0.15, -0.1) is 12.4 Å². The highest BCUT2D eigenvalue weighted by atomic mass is 35.5. The lowest BCUT2D eigenvalue weighted by Gasteiger charge is -2.06. The van der Waals surface area contributed by atoms with E-state index >= 15 is 0 Å². The molecule has 0 bridgehead atoms. The highest BCUT2D eigenvalue weighted by Gasteiger charge is 2.25. The maximum Gasteiger partial charge on any atom is 0.193 e. The molecule has 0 aromatic carbocycles. The molecule has 0 amide bonds. The molecule has 1 fully saturated rings. The van der Waals surface area contributed by atoms with Gasteiger partial charge in [-0.3, -0.25) is 0 Å². The Morgan fingerprint density at radius 3 is 2.69 bits per heavy atom. The van der Waals surface area contributed by atoms with Gasteiger partial charge in [-0.25, -0.2) is 0 Å². The normalized spacial score (nSPS) is 18.0. The zero-order valence-corrected chi connectivity index (χ0v) is 8.77. The molecule has 0 aliphatic heterocycles. The van der Waals surface area contributed by atoms with E-state index in [9.17, 15) is 0 Å². The number of nitrogens with two attached hydrogens (primary N) is 1. The molecule has 0 spiro atoms. The molecule has 2 rings (SSSR count). The summed E-state index contributed by atoms with van der Waals surface area (Å²) in [5.41, 5.74) is 5.90. The smallest absolute Gasteiger partial charge is 0.193 e. The number of furan rings is 1. The van der Waals surface area contributed by atoms with E-state index < -0.39 is 0 Å². The Morgan fingerprint density at radius 1 is 1.54 bits per heavy atom. The van der Waals surface area contributed by atoms with Crippen LogP contribution >= 0.6 is 24.0 Å². The zero-order chi connectivity index (χ0) is 8.55. The van der Waals surface area contributed by atoms with Crippen molar-refractivity contribution in [3.05, 3.63) is 23.1 Å². The van der Waals surface area contributed by atoms with Crippen LogP contribution in [0.25, 0.3) is 0 Å². The fourth-order valence-electron chi connectivity index (χ4n) is 1.36. The van der Waals surface area contributed by atoms with Gasteiger partial charge in [0.25, 0.3) is 0 Å². The molecular weight excluding hydrogens is 209 g/mol. The number of hydrogen-bond acceptors (Lipinski definition) is 2. The highest BCUT2D eigenvalue weighted by Crippen LogP contribution is 2.37. The second kappa shape index (κ2) is 4.36. The summed E-state index contributed by atoms with van der Waals surface area (Å²) in [6.45, 7) is 0. The number of rotatable bonds is 3. The van der Waals surface area contributed by atoms with Crippen LogP contribution in [0.15, 0.2) is 16.5 Å². The van der Waals surface area contributed by atoms with Crippen molar-refractivity contribution in [2.24, 2.45) is 11.7 Å². The maximum absolute atomic E-state index is 5.90. The Hall–Kier alpha value is -0.180. The topological polar surface area (TPSA) is 39.2 Å². The molecule has 1 atom stereocenters. The summed E-state index contributed by atoms with van der Waals surface area (Å²) in [4.78, 5) is 0. The van der Waals surface area contributed by atoms with Gasteiger partial charge in [0.05, 0.1) is 6.04 Å². The molecule has 1 aromatic rings. The molecule has 1 aliphatic rings. The van der Waals surface area contributed by atoms with Crippen molar-refractivity contribution >= 4 is 24.0 Å². The minimum absolute atomic E-state index is 0. The van der Waals surface area contributed by atoms with E-state index in [4.69, 9.17) is 21.8 Å². The summed E-state index contributed by atoms with van der Waals surface area (Å²) in [5.74, 6) is 1.63. The monoisotopic (exact) mass is 221 g/mol. The molecule has 2 nitrogen and oxygen atoms in total. The predicted molar refractivity (Wildman–Crippen MR) is 55.2 cm³/mol. The lowest BCUT2D eigenvalue weighted by Crippen LogP contribution is -2.09. The van der Waals surface area contributed by atoms with Crippen LogP contribution in [0.3, 0.4) is 0 Å². The average Bonchev–Trinajstić information content (AvgIpc) is 2.72. The molecule has 0 radical (unpaired) electrons. The fraction of sp³-hybridized carbons (Fsp3) is 0.556. The second-order valence-electron chi connectivity index (χ2n) is 3.43. The average molecular weight is 222 g/mol. The van der Waals surface area contributed by atoms with Crippen molar-refractivity contribution in [3.8, 4) is 0 Å². The van der Waals surface area contributed by atoms with E-state index in [1.54, 1.807) is 6.07 Å². The first-order valence-electron chi connectivity index (χ1n) is 4.26. The first-order valence-corrected chi connectivity index (χ1v) is 4.64. The van der Waals surface area contributed by atoms with Crippen LogP contribution in [0, 0.1) is 5.92 Å². The van der Waals surface area contributed by atoms with Gasteiger partial charge in [-0.05, 0) is 36.1 Å². The van der Waals surface area contributed by atoms with Crippen molar-refractivity contribution in [3.63, 3.8) is 0 Å². The van der Waals surface area contributed by atoms with Crippen LogP contribution in [0.2, 0.25) is 5.22 Å². The molecule has 4 heteroatoms. The zero-order valence-electron chi connectivity index (χ0n) is 7.20. The van der Waals surface area contributed by atoms with Gasteiger partial charge in [0.1, 0.15) is 5.76 Å². The molecule has 74 valence electrons. The maximum atomic E-state index is 5.90. The summed E-state index contributed by atoms with van der Waals surface area (Å²) in [5, 5.41) is 0.427. The standard InChI is InChI=1S/C9H12ClNO.ClH/c10-9-4-3-8(12-9)7(11)5-6-1-2-6;/h3-4,6-7H,1-2,5,11H2;1H/t7-;/m1./s1. The lowest BCUT2D eigenvalue weighted by atomic mass is 10.1. The van der Waals surface area contributed by atoms with Gasteiger partial charge in [0.15, 0.2) is 5.22 Å². The lowest BCUT2D eigenvalue weighted by molar-refractivity contribution is 0.441. The van der Waals surface area contributed by atoms with E-state index in [-0.39, 0.29) is 18.4 Å². The van der Waals surface area contributed by atoms with Gasteiger partial charge in [0.2, 0.25) is 0 Å².